The summed E-state index contributed by atoms with van der Waals surface area (Å²) in [6, 6.07) is 0.826. The largest absolute Gasteiger partial charge is 0.311 e. The van der Waals surface area contributed by atoms with Gasteiger partial charge in [0.2, 0.25) is 0 Å². The van der Waals surface area contributed by atoms with Crippen LogP contribution in [-0.4, -0.2) is 36.1 Å². The maximum absolute atomic E-state index is 3.93. The number of nitrogens with one attached hydrogen (secondary N) is 1. The molecule has 0 aromatic rings. The summed E-state index contributed by atoms with van der Waals surface area (Å²) in [6.45, 7) is 4.05. The van der Waals surface area contributed by atoms with Crippen LogP contribution < -0.4 is 5.32 Å². The summed E-state index contributed by atoms with van der Waals surface area (Å²) in [6.07, 6.45) is 14.8. The van der Waals surface area contributed by atoms with Crippen molar-refractivity contribution in [1.82, 2.24) is 10.2 Å². The summed E-state index contributed by atoms with van der Waals surface area (Å²) >= 11 is 0. The molecule has 0 amide bonds. The van der Waals surface area contributed by atoms with Crippen LogP contribution in [0.1, 0.15) is 64.2 Å². The highest BCUT2D eigenvalue weighted by molar-refractivity contribution is 5.03. The highest BCUT2D eigenvalue weighted by atomic mass is 15.3. The average molecular weight is 262 g/mol. The lowest BCUT2D eigenvalue weighted by atomic mass is 9.78. The van der Waals surface area contributed by atoms with Gasteiger partial charge < -0.3 is 5.32 Å². The first kappa shape index (κ1) is 12.6. The molecular weight excluding hydrogens is 232 g/mol. The van der Waals surface area contributed by atoms with Crippen molar-refractivity contribution < 1.29 is 0 Å². The minimum atomic E-state index is 0.554. The number of hydrogen-bond donors (Lipinski definition) is 1. The van der Waals surface area contributed by atoms with E-state index in [1.54, 1.807) is 0 Å². The van der Waals surface area contributed by atoms with Gasteiger partial charge in [-0.2, -0.15) is 0 Å². The number of hydrogen-bond acceptors (Lipinski definition) is 2. The van der Waals surface area contributed by atoms with Crippen LogP contribution in [0.4, 0.5) is 0 Å². The Balaban J connectivity index is 1.43. The van der Waals surface area contributed by atoms with Crippen LogP contribution in [-0.2, 0) is 0 Å². The predicted molar refractivity (Wildman–Crippen MR) is 79.2 cm³/mol. The standard InChI is InChI=1S/C17H30N2/c1-2-9-17(10-3-1)13-18-16(15-6-7-15)12-19(17)11-8-14-4-5-14/h14-16,18H,1-13H2. The molecule has 0 bridgehead atoms. The lowest BCUT2D eigenvalue weighted by molar-refractivity contribution is 0.00450. The molecule has 19 heavy (non-hydrogen) atoms. The molecule has 1 saturated heterocycles. The Morgan fingerprint density at radius 3 is 2.47 bits per heavy atom. The number of rotatable bonds is 4. The van der Waals surface area contributed by atoms with Gasteiger partial charge in [0.1, 0.15) is 0 Å². The predicted octanol–water partition coefficient (Wildman–Crippen LogP) is 3.17. The van der Waals surface area contributed by atoms with Gasteiger partial charge in [-0.05, 0) is 50.5 Å². The molecule has 1 unspecified atom stereocenters. The second kappa shape index (κ2) is 5.04. The van der Waals surface area contributed by atoms with Gasteiger partial charge in [-0.25, -0.2) is 0 Å². The maximum atomic E-state index is 3.93. The van der Waals surface area contributed by atoms with Gasteiger partial charge >= 0.3 is 0 Å². The molecular formula is C17H30N2. The van der Waals surface area contributed by atoms with E-state index >= 15 is 0 Å². The lowest BCUT2D eigenvalue weighted by Gasteiger charge is -2.52. The fourth-order valence-electron chi connectivity index (χ4n) is 4.52. The monoisotopic (exact) mass is 262 g/mol. The van der Waals surface area contributed by atoms with Crippen LogP contribution in [0, 0.1) is 11.8 Å². The Kier molecular flexibility index (Phi) is 3.35. The first-order chi connectivity index (χ1) is 9.36. The minimum Gasteiger partial charge on any atom is -0.311 e. The van der Waals surface area contributed by atoms with Crippen molar-refractivity contribution in [3.05, 3.63) is 0 Å². The van der Waals surface area contributed by atoms with Crippen molar-refractivity contribution in [2.75, 3.05) is 19.6 Å². The van der Waals surface area contributed by atoms with Crippen molar-refractivity contribution in [2.24, 2.45) is 11.8 Å². The van der Waals surface area contributed by atoms with E-state index in [2.05, 4.69) is 10.2 Å². The Hall–Kier alpha value is -0.0800. The van der Waals surface area contributed by atoms with Crippen LogP contribution in [0.2, 0.25) is 0 Å². The quantitative estimate of drug-likeness (QED) is 0.837. The van der Waals surface area contributed by atoms with Crippen LogP contribution in [0.15, 0.2) is 0 Å². The molecule has 0 radical (unpaired) electrons. The first-order valence-corrected chi connectivity index (χ1v) is 8.84. The summed E-state index contributed by atoms with van der Waals surface area (Å²) in [5.74, 6) is 2.11. The molecule has 1 spiro atoms. The van der Waals surface area contributed by atoms with E-state index in [0.29, 0.717) is 5.54 Å². The van der Waals surface area contributed by atoms with Gasteiger partial charge in [0.25, 0.3) is 0 Å². The zero-order valence-corrected chi connectivity index (χ0v) is 12.4. The first-order valence-electron chi connectivity index (χ1n) is 8.84. The van der Waals surface area contributed by atoms with Gasteiger partial charge in [0, 0.05) is 24.7 Å². The third-order valence-electron chi connectivity index (χ3n) is 6.26. The van der Waals surface area contributed by atoms with Crippen LogP contribution in [0.3, 0.4) is 0 Å². The molecule has 1 atom stereocenters. The molecule has 1 heterocycles. The molecule has 2 nitrogen and oxygen atoms in total. The average Bonchev–Trinajstić information content (AvgIpc) is 3.31. The van der Waals surface area contributed by atoms with Gasteiger partial charge in [-0.1, -0.05) is 32.1 Å². The van der Waals surface area contributed by atoms with E-state index in [0.717, 1.165) is 17.9 Å². The summed E-state index contributed by atoms with van der Waals surface area (Å²) < 4.78 is 0. The number of nitrogens with zero attached hydrogens (tertiary/aromatic N) is 1. The van der Waals surface area contributed by atoms with Gasteiger partial charge in [0.05, 0.1) is 0 Å². The van der Waals surface area contributed by atoms with Crippen molar-refractivity contribution in [2.45, 2.75) is 75.8 Å². The molecule has 108 valence electrons. The maximum Gasteiger partial charge on any atom is 0.0334 e. The number of piperazine rings is 1. The van der Waals surface area contributed by atoms with E-state index in [9.17, 15) is 0 Å². The smallest absolute Gasteiger partial charge is 0.0334 e. The molecule has 4 rings (SSSR count). The summed E-state index contributed by atoms with van der Waals surface area (Å²) in [5.41, 5.74) is 0.554. The lowest BCUT2D eigenvalue weighted by Crippen LogP contribution is -2.65. The third-order valence-corrected chi connectivity index (χ3v) is 6.26. The molecule has 1 aliphatic heterocycles. The fourth-order valence-corrected chi connectivity index (χ4v) is 4.52. The third kappa shape index (κ3) is 2.71. The molecule has 3 saturated carbocycles. The minimum absolute atomic E-state index is 0.554. The molecule has 0 aromatic carbocycles. The van der Waals surface area contributed by atoms with Crippen molar-refractivity contribution >= 4 is 0 Å². The van der Waals surface area contributed by atoms with Gasteiger partial charge in [-0.3, -0.25) is 4.90 Å². The van der Waals surface area contributed by atoms with Gasteiger partial charge in [-0.15, -0.1) is 0 Å². The summed E-state index contributed by atoms with van der Waals surface area (Å²) in [5, 5.41) is 3.93. The van der Waals surface area contributed by atoms with Crippen LogP contribution >= 0.6 is 0 Å². The highest BCUT2D eigenvalue weighted by Gasteiger charge is 2.45. The Morgan fingerprint density at radius 1 is 1.00 bits per heavy atom. The van der Waals surface area contributed by atoms with E-state index in [1.165, 1.54) is 83.8 Å². The normalized spacial score (nSPS) is 35.7. The van der Waals surface area contributed by atoms with E-state index < -0.39 is 0 Å². The molecule has 1 N–H and O–H groups in total. The molecule has 4 aliphatic rings. The van der Waals surface area contributed by atoms with Gasteiger partial charge in [0.15, 0.2) is 0 Å². The van der Waals surface area contributed by atoms with Crippen LogP contribution in [0.25, 0.3) is 0 Å². The summed E-state index contributed by atoms with van der Waals surface area (Å²) in [4.78, 5) is 2.95. The second-order valence-electron chi connectivity index (χ2n) is 7.79. The Morgan fingerprint density at radius 2 is 1.79 bits per heavy atom. The SMILES string of the molecule is C1CCC2(CC1)CNC(C1CC1)CN2CCC1CC1. The highest BCUT2D eigenvalue weighted by Crippen LogP contribution is 2.41. The Bertz CT molecular complexity index is 313. The second-order valence-corrected chi connectivity index (χ2v) is 7.79. The molecule has 4 fully saturated rings. The zero-order chi connectivity index (χ0) is 12.7. The summed E-state index contributed by atoms with van der Waals surface area (Å²) in [7, 11) is 0. The fraction of sp³-hybridized carbons (Fsp3) is 1.00. The molecule has 3 aliphatic carbocycles. The zero-order valence-electron chi connectivity index (χ0n) is 12.4. The van der Waals surface area contributed by atoms with E-state index in [1.807, 2.05) is 0 Å². The van der Waals surface area contributed by atoms with E-state index in [4.69, 9.17) is 0 Å². The van der Waals surface area contributed by atoms with Crippen LogP contribution in [0.5, 0.6) is 0 Å². The van der Waals surface area contributed by atoms with Crippen molar-refractivity contribution in [1.29, 1.82) is 0 Å². The van der Waals surface area contributed by atoms with E-state index in [-0.39, 0.29) is 0 Å². The molecule has 2 heteroatoms. The van der Waals surface area contributed by atoms with Crippen molar-refractivity contribution in [3.63, 3.8) is 0 Å². The van der Waals surface area contributed by atoms with Crippen molar-refractivity contribution in [3.8, 4) is 0 Å². The topological polar surface area (TPSA) is 15.3 Å². The Labute approximate surface area is 118 Å². The molecule has 0 aromatic heterocycles.